The average Bonchev–Trinajstić information content (AvgIpc) is 2.88. The lowest BCUT2D eigenvalue weighted by atomic mass is 10.2. The van der Waals surface area contributed by atoms with Crippen molar-refractivity contribution in [1.82, 2.24) is 10.3 Å². The zero-order valence-electron chi connectivity index (χ0n) is 10.9. The highest BCUT2D eigenvalue weighted by Crippen LogP contribution is 2.44. The normalized spacial score (nSPS) is 20.3. The molecule has 1 aromatic rings. The Morgan fingerprint density at radius 2 is 2.28 bits per heavy atom. The molecule has 1 fully saturated rings. The highest BCUT2D eigenvalue weighted by atomic mass is 79.9. The predicted octanol–water partition coefficient (Wildman–Crippen LogP) is 2.80. The van der Waals surface area contributed by atoms with Gasteiger partial charge in [0.05, 0.1) is 5.56 Å². The van der Waals surface area contributed by atoms with E-state index >= 15 is 0 Å². The highest BCUT2D eigenvalue weighted by molar-refractivity contribution is 9.10. The number of nitrogens with zero attached hydrogens (tertiary/aromatic N) is 1. The van der Waals surface area contributed by atoms with E-state index < -0.39 is 0 Å². The number of carbonyl (C=O) groups is 1. The third-order valence-electron chi connectivity index (χ3n) is 3.26. The van der Waals surface area contributed by atoms with Crippen molar-refractivity contribution >= 4 is 27.7 Å². The van der Waals surface area contributed by atoms with Crippen LogP contribution in [0.1, 0.15) is 37.6 Å². The van der Waals surface area contributed by atoms with Gasteiger partial charge in [0.15, 0.2) is 0 Å². The third-order valence-corrected chi connectivity index (χ3v) is 3.70. The molecule has 5 heteroatoms. The van der Waals surface area contributed by atoms with Gasteiger partial charge in [0.25, 0.3) is 5.91 Å². The number of aromatic nitrogens is 1. The van der Waals surface area contributed by atoms with Crippen molar-refractivity contribution < 1.29 is 4.79 Å². The standard InChI is InChI=1S/C13H18BrN3O/c1-4-15-11-9(5-8(14)7-16-11)12(18)17-10-6-13(10,2)3/h5,7,10H,4,6H2,1-3H3,(H,15,16)(H,17,18). The number of nitrogens with one attached hydrogen (secondary N) is 2. The van der Waals surface area contributed by atoms with Crippen molar-refractivity contribution in [3.63, 3.8) is 0 Å². The van der Waals surface area contributed by atoms with E-state index in [-0.39, 0.29) is 17.4 Å². The van der Waals surface area contributed by atoms with E-state index in [1.54, 1.807) is 12.3 Å². The lowest BCUT2D eigenvalue weighted by Crippen LogP contribution is -2.29. The molecule has 0 saturated heterocycles. The van der Waals surface area contributed by atoms with Gasteiger partial charge >= 0.3 is 0 Å². The Labute approximate surface area is 116 Å². The summed E-state index contributed by atoms with van der Waals surface area (Å²) in [6.07, 6.45) is 2.73. The summed E-state index contributed by atoms with van der Waals surface area (Å²) in [6, 6.07) is 2.08. The van der Waals surface area contributed by atoms with Crippen molar-refractivity contribution in [2.75, 3.05) is 11.9 Å². The van der Waals surface area contributed by atoms with Crippen LogP contribution in [0.5, 0.6) is 0 Å². The van der Waals surface area contributed by atoms with Crippen LogP contribution in [0.25, 0.3) is 0 Å². The van der Waals surface area contributed by atoms with Crippen LogP contribution in [0.2, 0.25) is 0 Å². The van der Waals surface area contributed by atoms with E-state index in [4.69, 9.17) is 0 Å². The SMILES string of the molecule is CCNc1ncc(Br)cc1C(=O)NC1CC1(C)C. The number of pyridine rings is 1. The van der Waals surface area contributed by atoms with E-state index in [0.717, 1.165) is 17.4 Å². The fourth-order valence-corrected chi connectivity index (χ4v) is 2.20. The fourth-order valence-electron chi connectivity index (χ4n) is 1.87. The molecule has 2 N–H and O–H groups in total. The Hall–Kier alpha value is -1.10. The second-order valence-electron chi connectivity index (χ2n) is 5.30. The van der Waals surface area contributed by atoms with Crippen LogP contribution >= 0.6 is 15.9 Å². The Kier molecular flexibility index (Phi) is 3.61. The molecule has 0 aromatic carbocycles. The number of hydrogen-bond donors (Lipinski definition) is 2. The number of amides is 1. The molecule has 1 aliphatic rings. The van der Waals surface area contributed by atoms with Gasteiger partial charge in [-0.25, -0.2) is 4.98 Å². The molecule has 18 heavy (non-hydrogen) atoms. The molecule has 0 aliphatic heterocycles. The third kappa shape index (κ3) is 2.83. The number of rotatable bonds is 4. The fraction of sp³-hybridized carbons (Fsp3) is 0.538. The minimum atomic E-state index is -0.0599. The number of hydrogen-bond acceptors (Lipinski definition) is 3. The molecule has 1 aliphatic carbocycles. The predicted molar refractivity (Wildman–Crippen MR) is 75.8 cm³/mol. The summed E-state index contributed by atoms with van der Waals surface area (Å²) in [5.74, 6) is 0.576. The number of halogens is 1. The van der Waals surface area contributed by atoms with Crippen LogP contribution in [-0.2, 0) is 0 Å². The van der Waals surface area contributed by atoms with Gasteiger partial charge in [0.1, 0.15) is 5.82 Å². The van der Waals surface area contributed by atoms with Crippen molar-refractivity contribution in [1.29, 1.82) is 0 Å². The Bertz CT molecular complexity index is 473. The Morgan fingerprint density at radius 1 is 1.61 bits per heavy atom. The zero-order valence-corrected chi connectivity index (χ0v) is 12.5. The van der Waals surface area contributed by atoms with Crippen molar-refractivity contribution in [3.8, 4) is 0 Å². The van der Waals surface area contributed by atoms with Crippen LogP contribution in [0.4, 0.5) is 5.82 Å². The molecular formula is C13H18BrN3O. The molecule has 1 aromatic heterocycles. The van der Waals surface area contributed by atoms with Gasteiger partial charge in [-0.15, -0.1) is 0 Å². The molecule has 1 saturated carbocycles. The molecule has 2 rings (SSSR count). The van der Waals surface area contributed by atoms with E-state index in [2.05, 4.69) is 45.4 Å². The topological polar surface area (TPSA) is 54.0 Å². The quantitative estimate of drug-likeness (QED) is 0.899. The summed E-state index contributed by atoms with van der Waals surface area (Å²) in [5.41, 5.74) is 0.821. The Balaban J connectivity index is 2.15. The molecular weight excluding hydrogens is 294 g/mol. The lowest BCUT2D eigenvalue weighted by Gasteiger charge is -2.11. The summed E-state index contributed by atoms with van der Waals surface area (Å²) < 4.78 is 0.810. The number of carbonyl (C=O) groups excluding carboxylic acids is 1. The maximum atomic E-state index is 12.2. The van der Waals surface area contributed by atoms with E-state index in [1.807, 2.05) is 6.92 Å². The van der Waals surface area contributed by atoms with Gasteiger partial charge in [0, 0.05) is 23.3 Å². The smallest absolute Gasteiger partial charge is 0.255 e. The zero-order chi connectivity index (χ0) is 13.3. The van der Waals surface area contributed by atoms with Crippen LogP contribution in [0, 0.1) is 5.41 Å². The molecule has 98 valence electrons. The average molecular weight is 312 g/mol. The lowest BCUT2D eigenvalue weighted by molar-refractivity contribution is 0.0947. The largest absolute Gasteiger partial charge is 0.370 e. The molecule has 1 amide bonds. The molecule has 1 heterocycles. The molecule has 4 nitrogen and oxygen atoms in total. The number of anilines is 1. The summed E-state index contributed by atoms with van der Waals surface area (Å²) >= 11 is 3.35. The first-order chi connectivity index (χ1) is 8.44. The van der Waals surface area contributed by atoms with Crippen molar-refractivity contribution in [2.45, 2.75) is 33.2 Å². The molecule has 0 bridgehead atoms. The minimum Gasteiger partial charge on any atom is -0.370 e. The second-order valence-corrected chi connectivity index (χ2v) is 6.21. The maximum absolute atomic E-state index is 12.2. The first-order valence-corrected chi connectivity index (χ1v) is 6.93. The van der Waals surface area contributed by atoms with Gasteiger partial charge in [-0.05, 0) is 40.8 Å². The second kappa shape index (κ2) is 4.88. The van der Waals surface area contributed by atoms with Gasteiger partial charge in [0.2, 0.25) is 0 Å². The van der Waals surface area contributed by atoms with Gasteiger partial charge in [-0.1, -0.05) is 13.8 Å². The molecule has 1 unspecified atom stereocenters. The van der Waals surface area contributed by atoms with Gasteiger partial charge < -0.3 is 10.6 Å². The molecule has 1 atom stereocenters. The van der Waals surface area contributed by atoms with Crippen molar-refractivity contribution in [2.24, 2.45) is 5.41 Å². The molecule has 0 spiro atoms. The maximum Gasteiger partial charge on any atom is 0.255 e. The van der Waals surface area contributed by atoms with Crippen LogP contribution in [-0.4, -0.2) is 23.5 Å². The summed E-state index contributed by atoms with van der Waals surface area (Å²) in [4.78, 5) is 16.5. The van der Waals surface area contributed by atoms with Crippen LogP contribution in [0.3, 0.4) is 0 Å². The summed E-state index contributed by atoms with van der Waals surface area (Å²) in [6.45, 7) is 7.03. The van der Waals surface area contributed by atoms with Crippen molar-refractivity contribution in [3.05, 3.63) is 22.3 Å². The van der Waals surface area contributed by atoms with E-state index in [1.165, 1.54) is 0 Å². The highest BCUT2D eigenvalue weighted by Gasteiger charge is 2.46. The summed E-state index contributed by atoms with van der Waals surface area (Å²) in [7, 11) is 0. The Morgan fingerprint density at radius 3 is 2.83 bits per heavy atom. The monoisotopic (exact) mass is 311 g/mol. The van der Waals surface area contributed by atoms with Crippen LogP contribution < -0.4 is 10.6 Å². The minimum absolute atomic E-state index is 0.0599. The molecule has 0 radical (unpaired) electrons. The van der Waals surface area contributed by atoms with E-state index in [9.17, 15) is 4.79 Å². The van der Waals surface area contributed by atoms with Gasteiger partial charge in [-0.3, -0.25) is 4.79 Å². The van der Waals surface area contributed by atoms with E-state index in [0.29, 0.717) is 11.4 Å². The first-order valence-electron chi connectivity index (χ1n) is 6.14. The first kappa shape index (κ1) is 13.3. The summed E-state index contributed by atoms with van der Waals surface area (Å²) in [5, 5.41) is 6.15. The van der Waals surface area contributed by atoms with Gasteiger partial charge in [-0.2, -0.15) is 0 Å². The van der Waals surface area contributed by atoms with Crippen LogP contribution in [0.15, 0.2) is 16.7 Å².